The number of ether oxygens (including phenoxy) is 3. The van der Waals surface area contributed by atoms with Crippen molar-refractivity contribution in [2.24, 2.45) is 0 Å². The van der Waals surface area contributed by atoms with Gasteiger partial charge in [-0.05, 0) is 42.0 Å². The van der Waals surface area contributed by atoms with Crippen molar-refractivity contribution in [1.29, 1.82) is 0 Å². The molecule has 0 spiro atoms. The summed E-state index contributed by atoms with van der Waals surface area (Å²) in [7, 11) is 4.47. The van der Waals surface area contributed by atoms with E-state index in [2.05, 4.69) is 5.32 Å². The minimum Gasteiger partial charge on any atom is -0.493 e. The van der Waals surface area contributed by atoms with Crippen LogP contribution in [0.15, 0.2) is 36.4 Å². The summed E-state index contributed by atoms with van der Waals surface area (Å²) < 4.78 is 15.8. The van der Waals surface area contributed by atoms with Crippen molar-refractivity contribution < 1.29 is 28.9 Å². The number of rotatable bonds is 7. The molecule has 0 aliphatic carbocycles. The van der Waals surface area contributed by atoms with Crippen LogP contribution in [0.2, 0.25) is 5.02 Å². The molecule has 0 aromatic heterocycles. The van der Waals surface area contributed by atoms with Crippen LogP contribution in [-0.2, 0) is 4.79 Å². The van der Waals surface area contributed by atoms with Gasteiger partial charge >= 0.3 is 5.97 Å². The average molecular weight is 392 g/mol. The third kappa shape index (κ3) is 4.92. The zero-order valence-corrected chi connectivity index (χ0v) is 15.7. The fourth-order valence-electron chi connectivity index (χ4n) is 2.35. The van der Waals surface area contributed by atoms with E-state index in [1.54, 1.807) is 12.1 Å². The number of methoxy groups -OCH3 is 3. The highest BCUT2D eigenvalue weighted by molar-refractivity contribution is 6.31. The van der Waals surface area contributed by atoms with Gasteiger partial charge < -0.3 is 24.6 Å². The normalized spacial score (nSPS) is 10.5. The maximum absolute atomic E-state index is 12.2. The predicted molar refractivity (Wildman–Crippen MR) is 102 cm³/mol. The van der Waals surface area contributed by atoms with E-state index >= 15 is 0 Å². The Hall–Kier alpha value is -3.19. The third-order valence-corrected chi connectivity index (χ3v) is 3.82. The van der Waals surface area contributed by atoms with Crippen LogP contribution in [0.4, 0.5) is 5.69 Å². The van der Waals surface area contributed by atoms with Crippen LogP contribution >= 0.6 is 11.6 Å². The highest BCUT2D eigenvalue weighted by atomic mass is 35.5. The molecule has 1 amide bonds. The second kappa shape index (κ2) is 8.95. The number of nitrogens with one attached hydrogen (secondary N) is 1. The van der Waals surface area contributed by atoms with E-state index in [0.29, 0.717) is 27.8 Å². The Morgan fingerprint density at radius 1 is 1.04 bits per heavy atom. The topological polar surface area (TPSA) is 94.1 Å². The van der Waals surface area contributed by atoms with Crippen LogP contribution in [0.5, 0.6) is 17.2 Å². The number of carboxylic acid groups (broad SMARTS) is 1. The van der Waals surface area contributed by atoms with Crippen LogP contribution in [0, 0.1) is 0 Å². The second-order valence-corrected chi connectivity index (χ2v) is 5.71. The number of carboxylic acids is 1. The number of benzene rings is 2. The SMILES string of the molecule is COc1cc(C=CC(=O)Nc2cc(Cl)ccc2C(=O)O)cc(OC)c1OC. The Morgan fingerprint density at radius 2 is 1.67 bits per heavy atom. The number of hydrogen-bond acceptors (Lipinski definition) is 5. The molecule has 2 aromatic rings. The van der Waals surface area contributed by atoms with Crippen molar-refractivity contribution in [2.45, 2.75) is 0 Å². The molecule has 0 aliphatic rings. The van der Waals surface area contributed by atoms with Gasteiger partial charge in [0, 0.05) is 11.1 Å². The molecule has 142 valence electrons. The predicted octanol–water partition coefficient (Wildman–Crippen LogP) is 3.72. The van der Waals surface area contributed by atoms with E-state index in [1.807, 2.05) is 0 Å². The minimum absolute atomic E-state index is 0.0612. The Balaban J connectivity index is 2.25. The molecule has 0 radical (unpaired) electrons. The Labute approximate surface area is 161 Å². The molecular formula is C19H18ClNO6. The van der Waals surface area contributed by atoms with Gasteiger partial charge in [0.05, 0.1) is 32.6 Å². The first-order valence-corrected chi connectivity index (χ1v) is 8.09. The summed E-state index contributed by atoms with van der Waals surface area (Å²) in [5, 5.41) is 12.0. The van der Waals surface area contributed by atoms with Gasteiger partial charge in [-0.3, -0.25) is 4.79 Å². The molecule has 2 rings (SSSR count). The van der Waals surface area contributed by atoms with E-state index in [4.69, 9.17) is 25.8 Å². The molecule has 8 heteroatoms. The molecular weight excluding hydrogens is 374 g/mol. The minimum atomic E-state index is -1.17. The number of aromatic carboxylic acids is 1. The Kier molecular flexibility index (Phi) is 6.67. The van der Waals surface area contributed by atoms with Crippen molar-refractivity contribution in [3.63, 3.8) is 0 Å². The maximum Gasteiger partial charge on any atom is 0.337 e. The summed E-state index contributed by atoms with van der Waals surface area (Å²) in [6, 6.07) is 7.48. The van der Waals surface area contributed by atoms with Crippen molar-refractivity contribution in [3.8, 4) is 17.2 Å². The highest BCUT2D eigenvalue weighted by Crippen LogP contribution is 2.38. The first kappa shape index (κ1) is 20.1. The first-order chi connectivity index (χ1) is 12.9. The molecule has 0 unspecified atom stereocenters. The largest absolute Gasteiger partial charge is 0.493 e. The van der Waals surface area contributed by atoms with Gasteiger partial charge in [-0.25, -0.2) is 4.79 Å². The van der Waals surface area contributed by atoms with Gasteiger partial charge in [-0.15, -0.1) is 0 Å². The molecule has 0 bridgehead atoms. The van der Waals surface area contributed by atoms with Gasteiger partial charge in [-0.2, -0.15) is 0 Å². The summed E-state index contributed by atoms with van der Waals surface area (Å²) in [5.74, 6) is -0.365. The van der Waals surface area contributed by atoms with Crippen LogP contribution in [-0.4, -0.2) is 38.3 Å². The van der Waals surface area contributed by atoms with Crippen molar-refractivity contribution in [3.05, 3.63) is 52.6 Å². The fraction of sp³-hybridized carbons (Fsp3) is 0.158. The van der Waals surface area contributed by atoms with Gasteiger partial charge in [0.15, 0.2) is 11.5 Å². The molecule has 0 fully saturated rings. The lowest BCUT2D eigenvalue weighted by Gasteiger charge is -2.12. The fourth-order valence-corrected chi connectivity index (χ4v) is 2.52. The molecule has 0 atom stereocenters. The van der Waals surface area contributed by atoms with Crippen LogP contribution in [0.1, 0.15) is 15.9 Å². The monoisotopic (exact) mass is 391 g/mol. The Bertz CT molecular complexity index is 869. The van der Waals surface area contributed by atoms with Gasteiger partial charge in [0.2, 0.25) is 11.7 Å². The summed E-state index contributed by atoms with van der Waals surface area (Å²) in [4.78, 5) is 23.4. The first-order valence-electron chi connectivity index (χ1n) is 7.71. The van der Waals surface area contributed by atoms with Gasteiger partial charge in [-0.1, -0.05) is 11.6 Å². The standard InChI is InChI=1S/C19H18ClNO6/c1-25-15-8-11(9-16(26-2)18(15)27-3)4-7-17(22)21-14-10-12(20)5-6-13(14)19(23)24/h4-10H,1-3H3,(H,21,22)(H,23,24). The number of carbonyl (C=O) groups excluding carboxylic acids is 1. The number of anilines is 1. The summed E-state index contributed by atoms with van der Waals surface area (Å²) in [5.41, 5.74) is 0.674. The lowest BCUT2D eigenvalue weighted by molar-refractivity contribution is -0.111. The summed E-state index contributed by atoms with van der Waals surface area (Å²) >= 11 is 5.87. The van der Waals surface area contributed by atoms with Gasteiger partial charge in [0.1, 0.15) is 0 Å². The van der Waals surface area contributed by atoms with E-state index in [1.165, 1.54) is 51.7 Å². The van der Waals surface area contributed by atoms with E-state index < -0.39 is 11.9 Å². The van der Waals surface area contributed by atoms with E-state index in [9.17, 15) is 14.7 Å². The number of carbonyl (C=O) groups is 2. The van der Waals surface area contributed by atoms with E-state index in [-0.39, 0.29) is 11.3 Å². The van der Waals surface area contributed by atoms with Crippen molar-refractivity contribution >= 4 is 35.2 Å². The van der Waals surface area contributed by atoms with Crippen LogP contribution in [0.3, 0.4) is 0 Å². The molecule has 7 nitrogen and oxygen atoms in total. The average Bonchev–Trinajstić information content (AvgIpc) is 2.65. The Morgan fingerprint density at radius 3 is 2.19 bits per heavy atom. The van der Waals surface area contributed by atoms with Crippen molar-refractivity contribution in [1.82, 2.24) is 0 Å². The number of hydrogen-bond donors (Lipinski definition) is 2. The molecule has 27 heavy (non-hydrogen) atoms. The van der Waals surface area contributed by atoms with Gasteiger partial charge in [0.25, 0.3) is 0 Å². The maximum atomic E-state index is 12.2. The molecule has 2 aromatic carbocycles. The zero-order chi connectivity index (χ0) is 20.0. The molecule has 0 saturated carbocycles. The molecule has 0 aliphatic heterocycles. The number of amides is 1. The summed E-state index contributed by atoms with van der Waals surface area (Å²) in [6.45, 7) is 0. The third-order valence-electron chi connectivity index (χ3n) is 3.58. The molecule has 0 saturated heterocycles. The lowest BCUT2D eigenvalue weighted by Crippen LogP contribution is -2.12. The number of halogens is 1. The quantitative estimate of drug-likeness (QED) is 0.698. The highest BCUT2D eigenvalue weighted by Gasteiger charge is 2.13. The zero-order valence-electron chi connectivity index (χ0n) is 14.9. The second-order valence-electron chi connectivity index (χ2n) is 5.28. The smallest absolute Gasteiger partial charge is 0.337 e. The lowest BCUT2D eigenvalue weighted by atomic mass is 10.1. The summed E-state index contributed by atoms with van der Waals surface area (Å²) in [6.07, 6.45) is 2.79. The molecule has 0 heterocycles. The van der Waals surface area contributed by atoms with Crippen molar-refractivity contribution in [2.75, 3.05) is 26.6 Å². The molecule has 2 N–H and O–H groups in total. The van der Waals surface area contributed by atoms with E-state index in [0.717, 1.165) is 0 Å². The van der Waals surface area contributed by atoms with Crippen LogP contribution in [0.25, 0.3) is 6.08 Å². The van der Waals surface area contributed by atoms with Crippen LogP contribution < -0.4 is 19.5 Å².